The monoisotopic (exact) mass is 292 g/mol. The van der Waals surface area contributed by atoms with Crippen LogP contribution in [-0.4, -0.2) is 49.6 Å². The van der Waals surface area contributed by atoms with Gasteiger partial charge in [0.15, 0.2) is 0 Å². The highest BCUT2D eigenvalue weighted by Crippen LogP contribution is 2.27. The predicted octanol–water partition coefficient (Wildman–Crippen LogP) is 3.22. The normalized spacial score (nSPS) is 17.9. The van der Waals surface area contributed by atoms with Crippen LogP contribution in [-0.2, 0) is 6.42 Å². The summed E-state index contributed by atoms with van der Waals surface area (Å²) in [7, 11) is 2.19. The highest BCUT2D eigenvalue weighted by Gasteiger charge is 2.13. The first-order valence-corrected chi connectivity index (χ1v) is 8.11. The molecule has 4 heteroatoms. The number of benzene rings is 1. The van der Waals surface area contributed by atoms with Crippen molar-refractivity contribution in [2.45, 2.75) is 12.8 Å². The van der Waals surface area contributed by atoms with E-state index in [1.54, 1.807) is 23.5 Å². The molecule has 2 aromatic rings. The summed E-state index contributed by atoms with van der Waals surface area (Å²) in [6.07, 6.45) is 2.30. The molecule has 20 heavy (non-hydrogen) atoms. The van der Waals surface area contributed by atoms with E-state index in [1.165, 1.54) is 48.7 Å². The summed E-state index contributed by atoms with van der Waals surface area (Å²) < 4.78 is 14.4. The van der Waals surface area contributed by atoms with E-state index in [0.29, 0.717) is 0 Å². The van der Waals surface area contributed by atoms with Gasteiger partial charge >= 0.3 is 0 Å². The summed E-state index contributed by atoms with van der Waals surface area (Å²) in [6.45, 7) is 5.92. The maximum Gasteiger partial charge on any atom is 0.123 e. The van der Waals surface area contributed by atoms with Crippen LogP contribution in [0.2, 0.25) is 0 Å². The maximum absolute atomic E-state index is 13.2. The Morgan fingerprint density at radius 3 is 2.75 bits per heavy atom. The standard InChI is InChI=1S/C16H21FN2S/c1-18-7-9-19(10-8-18)6-2-3-15-12-13-11-14(17)4-5-16(13)20-15/h4-5,11-12H,2-3,6-10H2,1H3. The Morgan fingerprint density at radius 2 is 1.95 bits per heavy atom. The summed E-state index contributed by atoms with van der Waals surface area (Å²) in [5.41, 5.74) is 0. The molecule has 2 nitrogen and oxygen atoms in total. The molecule has 1 fully saturated rings. The number of likely N-dealkylation sites (N-methyl/N-ethyl adjacent to an activating group) is 1. The molecule has 1 saturated heterocycles. The minimum Gasteiger partial charge on any atom is -0.304 e. The van der Waals surface area contributed by atoms with Gasteiger partial charge in [-0.25, -0.2) is 4.39 Å². The number of thiophene rings is 1. The van der Waals surface area contributed by atoms with Crippen LogP contribution in [0.5, 0.6) is 0 Å². The number of rotatable bonds is 4. The van der Waals surface area contributed by atoms with Crippen LogP contribution in [0.25, 0.3) is 10.1 Å². The topological polar surface area (TPSA) is 6.48 Å². The number of hydrogen-bond acceptors (Lipinski definition) is 3. The number of fused-ring (bicyclic) bond motifs is 1. The van der Waals surface area contributed by atoms with Crippen LogP contribution in [0.3, 0.4) is 0 Å². The van der Waals surface area contributed by atoms with Crippen molar-refractivity contribution in [3.63, 3.8) is 0 Å². The van der Waals surface area contributed by atoms with Gasteiger partial charge in [0.25, 0.3) is 0 Å². The predicted molar refractivity (Wildman–Crippen MR) is 84.0 cm³/mol. The molecule has 1 aromatic heterocycles. The molecule has 0 spiro atoms. The molecule has 0 radical (unpaired) electrons. The maximum atomic E-state index is 13.2. The number of piperazine rings is 1. The highest BCUT2D eigenvalue weighted by atomic mass is 32.1. The fraction of sp³-hybridized carbons (Fsp3) is 0.500. The lowest BCUT2D eigenvalue weighted by atomic mass is 10.2. The molecular formula is C16H21FN2S. The lowest BCUT2D eigenvalue weighted by molar-refractivity contribution is 0.153. The second-order valence-corrected chi connectivity index (χ2v) is 6.81. The minimum absolute atomic E-state index is 0.140. The van der Waals surface area contributed by atoms with Gasteiger partial charge in [-0.05, 0) is 56.1 Å². The average Bonchev–Trinajstić information content (AvgIpc) is 2.83. The first kappa shape index (κ1) is 14.0. The summed E-state index contributed by atoms with van der Waals surface area (Å²) in [6, 6.07) is 7.22. The van der Waals surface area contributed by atoms with E-state index in [1.807, 2.05) is 6.07 Å². The van der Waals surface area contributed by atoms with Gasteiger partial charge in [-0.2, -0.15) is 0 Å². The van der Waals surface area contributed by atoms with Crippen LogP contribution in [0.15, 0.2) is 24.3 Å². The highest BCUT2D eigenvalue weighted by molar-refractivity contribution is 7.19. The van der Waals surface area contributed by atoms with Crippen molar-refractivity contribution >= 4 is 21.4 Å². The van der Waals surface area contributed by atoms with Crippen LogP contribution in [0, 0.1) is 5.82 Å². The lowest BCUT2D eigenvalue weighted by Gasteiger charge is -2.32. The molecule has 1 aliphatic rings. The molecule has 1 aromatic carbocycles. The number of aryl methyl sites for hydroxylation is 1. The first-order chi connectivity index (χ1) is 9.70. The zero-order valence-electron chi connectivity index (χ0n) is 11.9. The smallest absolute Gasteiger partial charge is 0.123 e. The Labute approximate surface area is 123 Å². The molecule has 3 rings (SSSR count). The number of halogens is 1. The van der Waals surface area contributed by atoms with Crippen molar-refractivity contribution < 1.29 is 4.39 Å². The van der Waals surface area contributed by atoms with Crippen LogP contribution in [0.1, 0.15) is 11.3 Å². The van der Waals surface area contributed by atoms with Gasteiger partial charge in [-0.1, -0.05) is 0 Å². The van der Waals surface area contributed by atoms with Crippen molar-refractivity contribution in [3.05, 3.63) is 35.0 Å². The van der Waals surface area contributed by atoms with Crippen molar-refractivity contribution in [1.29, 1.82) is 0 Å². The molecule has 0 N–H and O–H groups in total. The molecule has 0 bridgehead atoms. The third kappa shape index (κ3) is 3.37. The average molecular weight is 292 g/mol. The number of nitrogens with zero attached hydrogens (tertiary/aromatic N) is 2. The van der Waals surface area contributed by atoms with Gasteiger partial charge < -0.3 is 9.80 Å². The second kappa shape index (κ2) is 6.20. The van der Waals surface area contributed by atoms with Gasteiger partial charge in [0.05, 0.1) is 0 Å². The van der Waals surface area contributed by atoms with Crippen molar-refractivity contribution in [2.75, 3.05) is 39.8 Å². The van der Waals surface area contributed by atoms with Crippen molar-refractivity contribution in [2.24, 2.45) is 0 Å². The molecule has 0 atom stereocenters. The van der Waals surface area contributed by atoms with E-state index in [0.717, 1.165) is 11.8 Å². The Bertz CT molecular complexity index is 573. The molecule has 0 saturated carbocycles. The van der Waals surface area contributed by atoms with Crippen LogP contribution >= 0.6 is 11.3 Å². The van der Waals surface area contributed by atoms with Crippen molar-refractivity contribution in [1.82, 2.24) is 9.80 Å². The molecular weight excluding hydrogens is 271 g/mol. The molecule has 0 amide bonds. The van der Waals surface area contributed by atoms with E-state index in [-0.39, 0.29) is 5.82 Å². The van der Waals surface area contributed by atoms with Crippen LogP contribution < -0.4 is 0 Å². The van der Waals surface area contributed by atoms with E-state index in [9.17, 15) is 4.39 Å². The quantitative estimate of drug-likeness (QED) is 0.854. The van der Waals surface area contributed by atoms with Gasteiger partial charge in [-0.3, -0.25) is 0 Å². The van der Waals surface area contributed by atoms with Gasteiger partial charge in [-0.15, -0.1) is 11.3 Å². The lowest BCUT2D eigenvalue weighted by Crippen LogP contribution is -2.44. The largest absolute Gasteiger partial charge is 0.304 e. The van der Waals surface area contributed by atoms with E-state index < -0.39 is 0 Å². The summed E-state index contributed by atoms with van der Waals surface area (Å²) in [4.78, 5) is 6.31. The first-order valence-electron chi connectivity index (χ1n) is 7.29. The van der Waals surface area contributed by atoms with E-state index in [4.69, 9.17) is 0 Å². The fourth-order valence-corrected chi connectivity index (χ4v) is 3.83. The Balaban J connectivity index is 1.52. The third-order valence-corrected chi connectivity index (χ3v) is 5.20. The molecule has 1 aliphatic heterocycles. The Morgan fingerprint density at radius 1 is 1.15 bits per heavy atom. The fourth-order valence-electron chi connectivity index (χ4n) is 2.74. The zero-order chi connectivity index (χ0) is 13.9. The number of hydrogen-bond donors (Lipinski definition) is 0. The summed E-state index contributed by atoms with van der Waals surface area (Å²) >= 11 is 1.80. The third-order valence-electron chi connectivity index (χ3n) is 4.02. The second-order valence-electron chi connectivity index (χ2n) is 5.64. The van der Waals surface area contributed by atoms with Gasteiger partial charge in [0.1, 0.15) is 5.82 Å². The molecule has 0 aliphatic carbocycles. The molecule has 108 valence electrons. The SMILES string of the molecule is CN1CCN(CCCc2cc3cc(F)ccc3s2)CC1. The Hall–Kier alpha value is -0.970. The Kier molecular flexibility index (Phi) is 4.34. The minimum atomic E-state index is -0.140. The summed E-state index contributed by atoms with van der Waals surface area (Å²) in [5, 5.41) is 1.05. The molecule has 2 heterocycles. The molecule has 0 unspecified atom stereocenters. The van der Waals surface area contributed by atoms with Crippen molar-refractivity contribution in [3.8, 4) is 0 Å². The van der Waals surface area contributed by atoms with E-state index >= 15 is 0 Å². The van der Waals surface area contributed by atoms with Crippen LogP contribution in [0.4, 0.5) is 4.39 Å². The zero-order valence-corrected chi connectivity index (χ0v) is 12.8. The van der Waals surface area contributed by atoms with Gasteiger partial charge in [0.2, 0.25) is 0 Å². The summed E-state index contributed by atoms with van der Waals surface area (Å²) in [5.74, 6) is -0.140. The van der Waals surface area contributed by atoms with Gasteiger partial charge in [0, 0.05) is 35.8 Å². The van der Waals surface area contributed by atoms with E-state index in [2.05, 4.69) is 22.9 Å².